The average molecular weight is 348 g/mol. The van der Waals surface area contributed by atoms with Crippen LogP contribution in [0.2, 0.25) is 0 Å². The summed E-state index contributed by atoms with van der Waals surface area (Å²) in [4.78, 5) is 25.7. The highest BCUT2D eigenvalue weighted by Gasteiger charge is 2.15. The van der Waals surface area contributed by atoms with Crippen molar-refractivity contribution >= 4 is 23.2 Å². The minimum Gasteiger partial charge on any atom is -0.431 e. The third-order valence-corrected chi connectivity index (χ3v) is 3.51. The van der Waals surface area contributed by atoms with Gasteiger partial charge in [0.1, 0.15) is 0 Å². The van der Waals surface area contributed by atoms with Gasteiger partial charge in [0.05, 0.1) is 11.6 Å². The quantitative estimate of drug-likeness (QED) is 0.589. The summed E-state index contributed by atoms with van der Waals surface area (Å²) in [6.45, 7) is 3.78. The molecular weight excluding hydrogens is 324 g/mol. The first-order valence-electron chi connectivity index (χ1n) is 8.12. The fourth-order valence-corrected chi connectivity index (χ4v) is 2.37. The molecule has 0 saturated carbocycles. The van der Waals surface area contributed by atoms with Gasteiger partial charge in [-0.25, -0.2) is 9.59 Å². The van der Waals surface area contributed by atoms with E-state index in [9.17, 15) is 9.59 Å². The van der Waals surface area contributed by atoms with Crippen LogP contribution in [-0.2, 0) is 20.6 Å². The monoisotopic (exact) mass is 348 g/mol. The molecule has 0 N–H and O–H groups in total. The lowest BCUT2D eigenvalue weighted by atomic mass is 10.1. The Balaban J connectivity index is 2.06. The van der Waals surface area contributed by atoms with Gasteiger partial charge in [-0.1, -0.05) is 18.2 Å². The van der Waals surface area contributed by atoms with Crippen LogP contribution >= 0.6 is 0 Å². The van der Waals surface area contributed by atoms with Gasteiger partial charge in [-0.3, -0.25) is 4.57 Å². The van der Waals surface area contributed by atoms with Crippen molar-refractivity contribution < 1.29 is 23.8 Å². The second kappa shape index (κ2) is 8.53. The van der Waals surface area contributed by atoms with E-state index in [1.54, 1.807) is 20.0 Å². The number of benzene rings is 1. The molecule has 1 heterocycles. The lowest BCUT2D eigenvalue weighted by Gasteiger charge is -2.09. The van der Waals surface area contributed by atoms with Crippen LogP contribution in [0.3, 0.4) is 0 Å². The fourth-order valence-electron chi connectivity index (χ4n) is 2.37. The zero-order valence-electron chi connectivity index (χ0n) is 15.0. The fraction of sp³-hybridized carbons (Fsp3) is 0.444. The normalized spacial score (nSPS) is 11.1. The van der Waals surface area contributed by atoms with Crippen molar-refractivity contribution in [2.45, 2.75) is 26.4 Å². The number of ether oxygens (including phenoxy) is 3. The number of nitrogens with zero attached hydrogens (tertiary/aromatic N) is 2. The molecule has 0 bridgehead atoms. The van der Waals surface area contributed by atoms with Gasteiger partial charge in [-0.15, -0.1) is 0 Å². The highest BCUT2D eigenvalue weighted by Crippen LogP contribution is 2.22. The van der Waals surface area contributed by atoms with Crippen LogP contribution in [0, 0.1) is 0 Å². The summed E-state index contributed by atoms with van der Waals surface area (Å²) in [7, 11) is 4.00. The largest absolute Gasteiger partial charge is 0.511 e. The zero-order valence-corrected chi connectivity index (χ0v) is 15.0. The molecule has 25 heavy (non-hydrogen) atoms. The molecular formula is C18H24N2O5. The zero-order chi connectivity index (χ0) is 18.4. The van der Waals surface area contributed by atoms with Gasteiger partial charge in [0.25, 0.3) is 0 Å². The Hall–Kier alpha value is -2.54. The first-order valence-corrected chi connectivity index (χ1v) is 8.12. The number of likely N-dealkylation sites (N-methyl/N-ethyl adjacent to an activating group) is 1. The van der Waals surface area contributed by atoms with Crippen LogP contribution < -0.4 is 0 Å². The SMILES string of the molecule is CC(C)OC(=O)OCOC(=O)n1cc(CCN(C)C)c2ccccc21. The highest BCUT2D eigenvalue weighted by atomic mass is 16.8. The number of aromatic nitrogens is 1. The minimum atomic E-state index is -0.869. The van der Waals surface area contributed by atoms with Crippen LogP contribution in [0.1, 0.15) is 19.4 Å². The molecule has 2 rings (SSSR count). The number of rotatable bonds is 6. The maximum Gasteiger partial charge on any atom is 0.511 e. The van der Waals surface area contributed by atoms with Crippen LogP contribution in [0.25, 0.3) is 10.9 Å². The number of carbonyl (C=O) groups excluding carboxylic acids is 2. The standard InChI is InChI=1S/C18H24N2O5/c1-13(2)25-18(22)24-12-23-17(21)20-11-14(9-10-19(3)4)15-7-5-6-8-16(15)20/h5-8,11,13H,9-10,12H2,1-4H3. The first kappa shape index (κ1) is 18.8. The summed E-state index contributed by atoms with van der Waals surface area (Å²) in [5.41, 5.74) is 1.81. The van der Waals surface area contributed by atoms with Gasteiger partial charge in [0.15, 0.2) is 0 Å². The molecule has 1 aromatic carbocycles. The number of para-hydroxylation sites is 1. The Bertz CT molecular complexity index is 736. The van der Waals surface area contributed by atoms with Crippen molar-refractivity contribution in [1.82, 2.24) is 9.47 Å². The van der Waals surface area contributed by atoms with Crippen molar-refractivity contribution in [3.8, 4) is 0 Å². The van der Waals surface area contributed by atoms with E-state index in [1.165, 1.54) is 4.57 Å². The summed E-state index contributed by atoms with van der Waals surface area (Å²) < 4.78 is 16.0. The Morgan fingerprint density at radius 2 is 1.88 bits per heavy atom. The first-order chi connectivity index (χ1) is 11.9. The number of hydrogen-bond acceptors (Lipinski definition) is 6. The van der Waals surface area contributed by atoms with Crippen molar-refractivity contribution in [2.75, 3.05) is 27.4 Å². The van der Waals surface area contributed by atoms with Gasteiger partial charge >= 0.3 is 12.2 Å². The van der Waals surface area contributed by atoms with Gasteiger partial charge in [0, 0.05) is 18.1 Å². The van der Waals surface area contributed by atoms with E-state index in [0.29, 0.717) is 0 Å². The molecule has 0 amide bonds. The molecule has 0 radical (unpaired) electrons. The van der Waals surface area contributed by atoms with Crippen LogP contribution in [0.4, 0.5) is 9.59 Å². The van der Waals surface area contributed by atoms with E-state index >= 15 is 0 Å². The third kappa shape index (κ3) is 5.22. The molecule has 136 valence electrons. The Kier molecular flexibility index (Phi) is 6.41. The van der Waals surface area contributed by atoms with Crippen molar-refractivity contribution in [2.24, 2.45) is 0 Å². The van der Waals surface area contributed by atoms with Gasteiger partial charge in [-0.2, -0.15) is 0 Å². The average Bonchev–Trinajstić information content (AvgIpc) is 2.91. The maximum absolute atomic E-state index is 12.3. The molecule has 0 fully saturated rings. The highest BCUT2D eigenvalue weighted by molar-refractivity contribution is 5.92. The Morgan fingerprint density at radius 3 is 2.56 bits per heavy atom. The molecule has 0 unspecified atom stereocenters. The summed E-state index contributed by atoms with van der Waals surface area (Å²) in [5, 5.41) is 1.00. The molecule has 7 nitrogen and oxygen atoms in total. The molecule has 0 aliphatic rings. The van der Waals surface area contributed by atoms with Crippen molar-refractivity contribution in [1.29, 1.82) is 0 Å². The molecule has 7 heteroatoms. The van der Waals surface area contributed by atoms with Gasteiger partial charge in [-0.05, 0) is 46.0 Å². The number of fused-ring (bicyclic) bond motifs is 1. The summed E-state index contributed by atoms with van der Waals surface area (Å²) in [6, 6.07) is 7.62. The molecule has 0 spiro atoms. The van der Waals surface area contributed by atoms with E-state index < -0.39 is 19.0 Å². The molecule has 2 aromatic rings. The van der Waals surface area contributed by atoms with Crippen LogP contribution in [0.5, 0.6) is 0 Å². The van der Waals surface area contributed by atoms with E-state index in [4.69, 9.17) is 14.2 Å². The van der Waals surface area contributed by atoms with E-state index in [0.717, 1.165) is 29.4 Å². The predicted molar refractivity (Wildman–Crippen MR) is 93.6 cm³/mol. The topological polar surface area (TPSA) is 70.0 Å². The molecule has 0 saturated heterocycles. The number of carbonyl (C=O) groups is 2. The lowest BCUT2D eigenvalue weighted by Crippen LogP contribution is -2.19. The van der Waals surface area contributed by atoms with Gasteiger partial charge < -0.3 is 19.1 Å². The molecule has 0 aliphatic carbocycles. The second-order valence-electron chi connectivity index (χ2n) is 6.18. The Labute approximate surface area is 147 Å². The predicted octanol–water partition coefficient (Wildman–Crippen LogP) is 3.25. The van der Waals surface area contributed by atoms with E-state index in [1.807, 2.05) is 38.4 Å². The van der Waals surface area contributed by atoms with E-state index in [2.05, 4.69) is 4.90 Å². The number of hydrogen-bond donors (Lipinski definition) is 0. The van der Waals surface area contributed by atoms with Crippen molar-refractivity contribution in [3.05, 3.63) is 36.0 Å². The summed E-state index contributed by atoms with van der Waals surface area (Å²) in [6.07, 6.45) is 0.806. The maximum atomic E-state index is 12.3. The van der Waals surface area contributed by atoms with Crippen LogP contribution in [-0.4, -0.2) is 55.3 Å². The molecule has 0 aliphatic heterocycles. The lowest BCUT2D eigenvalue weighted by molar-refractivity contribution is -0.0239. The van der Waals surface area contributed by atoms with Crippen molar-refractivity contribution in [3.63, 3.8) is 0 Å². The van der Waals surface area contributed by atoms with E-state index in [-0.39, 0.29) is 6.10 Å². The summed E-state index contributed by atoms with van der Waals surface area (Å²) in [5.74, 6) is 0. The van der Waals surface area contributed by atoms with Gasteiger partial charge in [0.2, 0.25) is 6.79 Å². The Morgan fingerprint density at radius 1 is 1.16 bits per heavy atom. The molecule has 0 atom stereocenters. The third-order valence-electron chi connectivity index (χ3n) is 3.51. The summed E-state index contributed by atoms with van der Waals surface area (Å²) >= 11 is 0. The second-order valence-corrected chi connectivity index (χ2v) is 6.18. The smallest absolute Gasteiger partial charge is 0.431 e. The van der Waals surface area contributed by atoms with Crippen LogP contribution in [0.15, 0.2) is 30.5 Å². The molecule has 1 aromatic heterocycles. The minimum absolute atomic E-state index is 0.296.